The summed E-state index contributed by atoms with van der Waals surface area (Å²) in [6.45, 7) is 9.66. The Morgan fingerprint density at radius 2 is 1.78 bits per heavy atom. The topological polar surface area (TPSA) is 71.1 Å². The van der Waals surface area contributed by atoms with Gasteiger partial charge in [-0.05, 0) is 20.8 Å². The smallest absolute Gasteiger partial charge is 0.333 e. The Kier molecular flexibility index (Phi) is 10.8. The van der Waals surface area contributed by atoms with Gasteiger partial charge in [0.15, 0.2) is 12.1 Å². The summed E-state index contributed by atoms with van der Waals surface area (Å²) in [5, 5.41) is 0. The second-order valence-electron chi connectivity index (χ2n) is 6.14. The van der Waals surface area contributed by atoms with E-state index >= 15 is 0 Å². The summed E-state index contributed by atoms with van der Waals surface area (Å²) in [5.41, 5.74) is -0.0111. The molecule has 0 aliphatic carbocycles. The van der Waals surface area contributed by atoms with Crippen molar-refractivity contribution >= 4 is 34.3 Å². The first-order chi connectivity index (χ1) is 12.8. The second kappa shape index (κ2) is 12.2. The van der Waals surface area contributed by atoms with Crippen LogP contribution in [-0.2, 0) is 23.7 Å². The lowest BCUT2D eigenvalue weighted by Gasteiger charge is -2.30. The van der Waals surface area contributed by atoms with Crippen LogP contribution in [0.1, 0.15) is 31.1 Å². The number of benzene rings is 1. The van der Waals surface area contributed by atoms with Gasteiger partial charge in [0.25, 0.3) is 0 Å². The number of alkyl halides is 1. The maximum absolute atomic E-state index is 12.7. The fourth-order valence-corrected chi connectivity index (χ4v) is 2.66. The van der Waals surface area contributed by atoms with Crippen LogP contribution in [0.15, 0.2) is 42.5 Å². The van der Waals surface area contributed by atoms with Gasteiger partial charge in [-0.3, -0.25) is 4.79 Å². The Morgan fingerprint density at radius 1 is 1.15 bits per heavy atom. The Bertz CT molecular complexity index is 618. The molecule has 0 heterocycles. The highest BCUT2D eigenvalue weighted by atomic mass is 127. The molecule has 0 radical (unpaired) electrons. The van der Waals surface area contributed by atoms with Gasteiger partial charge in [0.2, 0.25) is 0 Å². The molecule has 0 spiro atoms. The molecule has 0 aromatic heterocycles. The fourth-order valence-electron chi connectivity index (χ4n) is 2.13. The molecule has 0 N–H and O–H groups in total. The van der Waals surface area contributed by atoms with Gasteiger partial charge < -0.3 is 18.9 Å². The first-order valence-corrected chi connectivity index (χ1v) is 10.2. The number of hydrogen-bond donors (Lipinski definition) is 0. The van der Waals surface area contributed by atoms with Gasteiger partial charge >= 0.3 is 5.97 Å². The van der Waals surface area contributed by atoms with E-state index in [0.717, 1.165) is 0 Å². The van der Waals surface area contributed by atoms with Gasteiger partial charge in [-0.1, -0.05) is 59.5 Å². The monoisotopic (exact) mass is 490 g/mol. The normalized spacial score (nSPS) is 14.2. The lowest BCUT2D eigenvalue weighted by atomic mass is 9.96. The zero-order chi connectivity index (χ0) is 20.3. The number of halogens is 1. The molecule has 0 aliphatic rings. The molecule has 0 amide bonds. The quantitative estimate of drug-likeness (QED) is 0.0801. The molecule has 1 aromatic carbocycles. The number of carbonyl (C=O) groups is 2. The average Bonchev–Trinajstić information content (AvgIpc) is 2.66. The van der Waals surface area contributed by atoms with Crippen molar-refractivity contribution < 1.29 is 28.5 Å². The van der Waals surface area contributed by atoms with Gasteiger partial charge in [-0.25, -0.2) is 4.79 Å². The average molecular weight is 490 g/mol. The molecule has 0 saturated carbocycles. The highest BCUT2D eigenvalue weighted by Crippen LogP contribution is 2.23. The number of ether oxygens (including phenoxy) is 4. The van der Waals surface area contributed by atoms with Crippen LogP contribution in [-0.4, -0.2) is 54.5 Å². The number of rotatable bonds is 13. The van der Waals surface area contributed by atoms with E-state index in [0.29, 0.717) is 28.8 Å². The third kappa shape index (κ3) is 8.50. The van der Waals surface area contributed by atoms with Gasteiger partial charge in [0.1, 0.15) is 12.2 Å². The third-order valence-corrected chi connectivity index (χ3v) is 5.04. The summed E-state index contributed by atoms with van der Waals surface area (Å²) >= 11 is 2.14. The first kappa shape index (κ1) is 23.7. The van der Waals surface area contributed by atoms with Gasteiger partial charge in [-0.15, -0.1) is 0 Å². The van der Waals surface area contributed by atoms with Crippen molar-refractivity contribution in [1.82, 2.24) is 0 Å². The molecule has 1 rings (SSSR count). The molecule has 0 aliphatic heterocycles. The SMILES string of the molecule is C=C(C)C(=O)OCCOCCOC(C)OC(C)(CI)C(=O)c1ccccc1. The highest BCUT2D eigenvalue weighted by Gasteiger charge is 2.35. The minimum Gasteiger partial charge on any atom is -0.460 e. The van der Waals surface area contributed by atoms with E-state index in [4.69, 9.17) is 18.9 Å². The van der Waals surface area contributed by atoms with E-state index in [1.807, 2.05) is 18.2 Å². The van der Waals surface area contributed by atoms with Crippen molar-refractivity contribution in [1.29, 1.82) is 0 Å². The predicted octanol–water partition coefficient (Wildman–Crippen LogP) is 3.58. The molecule has 0 bridgehead atoms. The summed E-state index contributed by atoms with van der Waals surface area (Å²) in [4.78, 5) is 23.9. The standard InChI is InChI=1S/C20H27IO6/c1-15(2)19(23)26-13-11-24-10-12-25-16(3)27-20(4,14-21)18(22)17-8-6-5-7-9-17/h5-9,16H,1,10-14H2,2-4H3. The van der Waals surface area contributed by atoms with E-state index in [1.165, 1.54) is 0 Å². The van der Waals surface area contributed by atoms with Crippen LogP contribution in [0.25, 0.3) is 0 Å². The van der Waals surface area contributed by atoms with Gasteiger partial charge in [0.05, 0.1) is 19.8 Å². The van der Waals surface area contributed by atoms with Gasteiger partial charge in [-0.2, -0.15) is 0 Å². The molecule has 7 heteroatoms. The molecular weight excluding hydrogens is 463 g/mol. The maximum Gasteiger partial charge on any atom is 0.333 e. The zero-order valence-corrected chi connectivity index (χ0v) is 18.2. The maximum atomic E-state index is 12.7. The summed E-state index contributed by atoms with van der Waals surface area (Å²) in [6, 6.07) is 9.06. The second-order valence-corrected chi connectivity index (χ2v) is 6.91. The molecule has 6 nitrogen and oxygen atoms in total. The third-order valence-electron chi connectivity index (χ3n) is 3.59. The van der Waals surface area contributed by atoms with Crippen molar-refractivity contribution in [3.63, 3.8) is 0 Å². The summed E-state index contributed by atoms with van der Waals surface area (Å²) in [7, 11) is 0. The number of esters is 1. The Labute approximate surface area is 174 Å². The molecule has 0 saturated heterocycles. The van der Waals surface area contributed by atoms with Crippen molar-refractivity contribution in [3.8, 4) is 0 Å². The molecule has 0 fully saturated rings. The van der Waals surface area contributed by atoms with Crippen LogP contribution in [0.5, 0.6) is 0 Å². The minimum atomic E-state index is -0.973. The largest absolute Gasteiger partial charge is 0.460 e. The highest BCUT2D eigenvalue weighted by molar-refractivity contribution is 14.1. The van der Waals surface area contributed by atoms with Crippen molar-refractivity contribution in [3.05, 3.63) is 48.0 Å². The molecule has 27 heavy (non-hydrogen) atoms. The number of Topliss-reactive ketones (excluding diaryl/α,β-unsaturated/α-hetero) is 1. The fraction of sp³-hybridized carbons (Fsp3) is 0.500. The first-order valence-electron chi connectivity index (χ1n) is 8.66. The van der Waals surface area contributed by atoms with Crippen molar-refractivity contribution in [2.24, 2.45) is 0 Å². The Balaban J connectivity index is 2.31. The van der Waals surface area contributed by atoms with Gasteiger partial charge in [0, 0.05) is 15.6 Å². The van der Waals surface area contributed by atoms with Crippen LogP contribution >= 0.6 is 22.6 Å². The summed E-state index contributed by atoms with van der Waals surface area (Å²) in [5.74, 6) is -0.512. The van der Waals surface area contributed by atoms with E-state index in [1.54, 1.807) is 32.9 Å². The van der Waals surface area contributed by atoms with Crippen LogP contribution in [0.2, 0.25) is 0 Å². The van der Waals surface area contributed by atoms with E-state index < -0.39 is 17.9 Å². The van der Waals surface area contributed by atoms with Crippen molar-refractivity contribution in [2.45, 2.75) is 32.7 Å². The van der Waals surface area contributed by atoms with Crippen molar-refractivity contribution in [2.75, 3.05) is 30.9 Å². The Hall–Kier alpha value is -1.29. The summed E-state index contributed by atoms with van der Waals surface area (Å²) < 4.78 is 22.2. The summed E-state index contributed by atoms with van der Waals surface area (Å²) in [6.07, 6.45) is -0.567. The van der Waals surface area contributed by atoms with E-state index in [-0.39, 0.29) is 19.0 Å². The number of carbonyl (C=O) groups excluding carboxylic acids is 2. The van der Waals surface area contributed by atoms with Crippen LogP contribution in [0.4, 0.5) is 0 Å². The lowest BCUT2D eigenvalue weighted by molar-refractivity contribution is -0.178. The molecule has 1 aromatic rings. The van der Waals surface area contributed by atoms with Crippen LogP contribution < -0.4 is 0 Å². The molecule has 2 atom stereocenters. The predicted molar refractivity (Wildman–Crippen MR) is 111 cm³/mol. The lowest BCUT2D eigenvalue weighted by Crippen LogP contribution is -2.43. The number of ketones is 1. The number of hydrogen-bond acceptors (Lipinski definition) is 6. The zero-order valence-electron chi connectivity index (χ0n) is 16.0. The molecule has 2 unspecified atom stereocenters. The van der Waals surface area contributed by atoms with E-state index in [9.17, 15) is 9.59 Å². The minimum absolute atomic E-state index is 0.0801. The Morgan fingerprint density at radius 3 is 2.37 bits per heavy atom. The molecule has 150 valence electrons. The van der Waals surface area contributed by atoms with Crippen LogP contribution in [0, 0.1) is 0 Å². The molecular formula is C20H27IO6. The van der Waals surface area contributed by atoms with E-state index in [2.05, 4.69) is 29.2 Å². The van der Waals surface area contributed by atoms with Crippen LogP contribution in [0.3, 0.4) is 0 Å².